The number of anilines is 1. The normalized spacial score (nSPS) is 11.6. The maximum atomic E-state index is 11.9. The second kappa shape index (κ2) is 6.99. The van der Waals surface area contributed by atoms with E-state index in [2.05, 4.69) is 35.0 Å². The summed E-state index contributed by atoms with van der Waals surface area (Å²) < 4.78 is 28.2. The first kappa shape index (κ1) is 17.0. The largest absolute Gasteiger partial charge is 0.369 e. The van der Waals surface area contributed by atoms with Crippen LogP contribution < -0.4 is 10.0 Å². The highest BCUT2D eigenvalue weighted by atomic mass is 32.2. The molecule has 3 aromatic rings. The Hall–Kier alpha value is -2.79. The zero-order valence-corrected chi connectivity index (χ0v) is 14.6. The van der Waals surface area contributed by atoms with Gasteiger partial charge in [0.25, 0.3) is 10.0 Å². The minimum Gasteiger partial charge on any atom is -0.369 e. The van der Waals surface area contributed by atoms with Gasteiger partial charge in [-0.05, 0) is 13.8 Å². The molecule has 3 rings (SSSR count). The average molecular weight is 362 g/mol. The number of nitrogens with one attached hydrogen (secondary N) is 3. The number of hydrogen-bond donors (Lipinski definition) is 3. The first-order chi connectivity index (χ1) is 12.0. The van der Waals surface area contributed by atoms with E-state index in [1.54, 1.807) is 12.4 Å². The summed E-state index contributed by atoms with van der Waals surface area (Å²) in [5, 5.41) is 3.09. The molecule has 10 nitrogen and oxygen atoms in total. The number of hydrogen-bond acceptors (Lipinski definition) is 7. The van der Waals surface area contributed by atoms with Crippen LogP contribution in [0.1, 0.15) is 11.4 Å². The van der Waals surface area contributed by atoms with Gasteiger partial charge in [0.15, 0.2) is 5.03 Å². The molecular formula is C14H18N8O2S. The van der Waals surface area contributed by atoms with Crippen LogP contribution in [0.4, 0.5) is 5.82 Å². The number of H-pyrrole nitrogens is 1. The molecule has 11 heteroatoms. The predicted molar refractivity (Wildman–Crippen MR) is 90.9 cm³/mol. The first-order valence-corrected chi connectivity index (χ1v) is 9.00. The summed E-state index contributed by atoms with van der Waals surface area (Å²) in [6, 6.07) is 1.78. The van der Waals surface area contributed by atoms with Gasteiger partial charge in [0.2, 0.25) is 0 Å². The Morgan fingerprint density at radius 1 is 1.20 bits per heavy atom. The van der Waals surface area contributed by atoms with Gasteiger partial charge in [-0.2, -0.15) is 0 Å². The molecule has 0 spiro atoms. The molecular weight excluding hydrogens is 344 g/mol. The Bertz CT molecular complexity index is 949. The lowest BCUT2D eigenvalue weighted by Gasteiger charge is -2.09. The standard InChI is InChI=1S/C14H18N8O2S/c1-10-11(2)22(9-20-10)13-5-12(17-8-18-13)16-3-4-21-25(23,24)14-6-15-7-19-14/h5-9,21H,3-4H2,1-2H3,(H,15,19)(H,16,17,18). The minimum absolute atomic E-state index is 0.0303. The average Bonchev–Trinajstić information content (AvgIpc) is 3.24. The Kier molecular flexibility index (Phi) is 4.76. The van der Waals surface area contributed by atoms with Crippen molar-refractivity contribution >= 4 is 15.8 Å². The van der Waals surface area contributed by atoms with Gasteiger partial charge >= 0.3 is 0 Å². The summed E-state index contributed by atoms with van der Waals surface area (Å²) in [7, 11) is -3.58. The summed E-state index contributed by atoms with van der Waals surface area (Å²) >= 11 is 0. The summed E-state index contributed by atoms with van der Waals surface area (Å²) in [4.78, 5) is 18.9. The Labute approximate surface area is 144 Å². The summed E-state index contributed by atoms with van der Waals surface area (Å²) in [6.45, 7) is 4.45. The van der Waals surface area contributed by atoms with Crippen molar-refractivity contribution in [2.24, 2.45) is 0 Å². The van der Waals surface area contributed by atoms with E-state index in [0.717, 1.165) is 11.4 Å². The highest BCUT2D eigenvalue weighted by Gasteiger charge is 2.14. The van der Waals surface area contributed by atoms with Crippen LogP contribution >= 0.6 is 0 Å². The number of sulfonamides is 1. The summed E-state index contributed by atoms with van der Waals surface area (Å²) in [5.41, 5.74) is 1.93. The lowest BCUT2D eigenvalue weighted by molar-refractivity contribution is 0.579. The van der Waals surface area contributed by atoms with Gasteiger partial charge in [0.05, 0.1) is 18.2 Å². The van der Waals surface area contributed by atoms with Crippen molar-refractivity contribution in [2.45, 2.75) is 18.9 Å². The molecule has 0 aliphatic rings. The van der Waals surface area contributed by atoms with E-state index < -0.39 is 10.0 Å². The van der Waals surface area contributed by atoms with Gasteiger partial charge in [-0.15, -0.1) is 0 Å². The number of imidazole rings is 2. The van der Waals surface area contributed by atoms with Crippen LogP contribution in [0.5, 0.6) is 0 Å². The first-order valence-electron chi connectivity index (χ1n) is 7.52. The van der Waals surface area contributed by atoms with Crippen LogP contribution in [0, 0.1) is 13.8 Å². The van der Waals surface area contributed by atoms with Crippen molar-refractivity contribution in [2.75, 3.05) is 18.4 Å². The lowest BCUT2D eigenvalue weighted by atomic mass is 10.4. The smallest absolute Gasteiger partial charge is 0.257 e. The lowest BCUT2D eigenvalue weighted by Crippen LogP contribution is -2.29. The molecule has 0 bridgehead atoms. The van der Waals surface area contributed by atoms with Gasteiger partial charge in [-0.3, -0.25) is 4.57 Å². The van der Waals surface area contributed by atoms with E-state index in [1.165, 1.54) is 18.9 Å². The van der Waals surface area contributed by atoms with E-state index in [9.17, 15) is 8.42 Å². The maximum absolute atomic E-state index is 11.9. The van der Waals surface area contributed by atoms with E-state index in [0.29, 0.717) is 18.2 Å². The summed E-state index contributed by atoms with van der Waals surface area (Å²) in [5.74, 6) is 1.28. The molecule has 3 heterocycles. The second-order valence-corrected chi connectivity index (χ2v) is 7.02. The van der Waals surface area contributed by atoms with E-state index in [4.69, 9.17) is 0 Å². The molecule has 132 valence electrons. The fraction of sp³-hybridized carbons (Fsp3) is 0.286. The zero-order chi connectivity index (χ0) is 17.9. The van der Waals surface area contributed by atoms with Crippen molar-refractivity contribution in [3.05, 3.63) is 42.6 Å². The molecule has 0 aromatic carbocycles. The molecule has 0 amide bonds. The van der Waals surface area contributed by atoms with Crippen LogP contribution in [0.25, 0.3) is 5.82 Å². The number of aromatic nitrogens is 6. The number of rotatable bonds is 7. The summed E-state index contributed by atoms with van der Waals surface area (Å²) in [6.07, 6.45) is 5.72. The van der Waals surface area contributed by atoms with Gasteiger partial charge in [-0.25, -0.2) is 33.1 Å². The molecule has 0 unspecified atom stereocenters. The quantitative estimate of drug-likeness (QED) is 0.518. The fourth-order valence-electron chi connectivity index (χ4n) is 2.15. The molecule has 0 saturated carbocycles. The Balaban J connectivity index is 1.59. The van der Waals surface area contributed by atoms with Crippen molar-refractivity contribution in [3.63, 3.8) is 0 Å². The number of aromatic amines is 1. The topological polar surface area (TPSA) is 130 Å². The zero-order valence-electron chi connectivity index (χ0n) is 13.8. The third-order valence-corrected chi connectivity index (χ3v) is 5.02. The van der Waals surface area contributed by atoms with Crippen LogP contribution in [-0.4, -0.2) is 51.0 Å². The van der Waals surface area contributed by atoms with Crippen molar-refractivity contribution in [1.29, 1.82) is 0 Å². The van der Waals surface area contributed by atoms with Crippen molar-refractivity contribution in [1.82, 2.24) is 34.2 Å². The van der Waals surface area contributed by atoms with Crippen LogP contribution in [0.2, 0.25) is 0 Å². The van der Waals surface area contributed by atoms with Crippen molar-refractivity contribution < 1.29 is 8.42 Å². The molecule has 0 atom stereocenters. The second-order valence-electron chi connectivity index (χ2n) is 5.29. The van der Waals surface area contributed by atoms with E-state index in [1.807, 2.05) is 18.4 Å². The van der Waals surface area contributed by atoms with Crippen molar-refractivity contribution in [3.8, 4) is 5.82 Å². The monoisotopic (exact) mass is 362 g/mol. The molecule has 0 aliphatic heterocycles. The van der Waals surface area contributed by atoms with E-state index in [-0.39, 0.29) is 11.6 Å². The van der Waals surface area contributed by atoms with Gasteiger partial charge < -0.3 is 10.3 Å². The van der Waals surface area contributed by atoms with Crippen LogP contribution in [0.15, 0.2) is 36.3 Å². The highest BCUT2D eigenvalue weighted by molar-refractivity contribution is 7.89. The van der Waals surface area contributed by atoms with E-state index >= 15 is 0 Å². The minimum atomic E-state index is -3.58. The molecule has 3 aromatic heterocycles. The molecule has 3 N–H and O–H groups in total. The maximum Gasteiger partial charge on any atom is 0.257 e. The third-order valence-electron chi connectivity index (χ3n) is 3.64. The molecule has 0 aliphatic carbocycles. The molecule has 0 fully saturated rings. The number of nitrogens with zero attached hydrogens (tertiary/aromatic N) is 5. The molecule has 0 radical (unpaired) electrons. The SMILES string of the molecule is Cc1ncn(-c2cc(NCCNS(=O)(=O)c3cnc[nH]3)ncn2)c1C. The predicted octanol–water partition coefficient (Wildman–Crippen LogP) is 0.393. The van der Waals surface area contributed by atoms with Crippen LogP contribution in [0.3, 0.4) is 0 Å². The molecule has 0 saturated heterocycles. The number of aryl methyl sites for hydroxylation is 1. The fourth-order valence-corrected chi connectivity index (χ4v) is 3.08. The Morgan fingerprint density at radius 3 is 2.72 bits per heavy atom. The van der Waals surface area contributed by atoms with Gasteiger partial charge in [0, 0.05) is 24.8 Å². The van der Waals surface area contributed by atoms with Gasteiger partial charge in [0.1, 0.15) is 24.3 Å². The van der Waals surface area contributed by atoms with Crippen LogP contribution in [-0.2, 0) is 10.0 Å². The highest BCUT2D eigenvalue weighted by Crippen LogP contribution is 2.13. The van der Waals surface area contributed by atoms with Gasteiger partial charge in [-0.1, -0.05) is 0 Å². The Morgan fingerprint density at radius 2 is 2.04 bits per heavy atom. The molecule has 25 heavy (non-hydrogen) atoms. The third kappa shape index (κ3) is 3.83.